The van der Waals surface area contributed by atoms with Crippen LogP contribution in [0.1, 0.15) is 17.4 Å². The molecule has 0 aliphatic carbocycles. The predicted molar refractivity (Wildman–Crippen MR) is 64.5 cm³/mol. The van der Waals surface area contributed by atoms with E-state index in [1.165, 1.54) is 4.68 Å². The van der Waals surface area contributed by atoms with Gasteiger partial charge in [0.25, 0.3) is 5.56 Å². The zero-order valence-corrected chi connectivity index (χ0v) is 9.71. The van der Waals surface area contributed by atoms with Crippen LogP contribution in [0.2, 0.25) is 0 Å². The Bertz CT molecular complexity index is 610. The molecular weight excluding hydrogens is 236 g/mol. The minimum Gasteiger partial charge on any atom is -0.494 e. The maximum absolute atomic E-state index is 11.6. The average Bonchev–Trinajstić information content (AvgIpc) is 2.73. The lowest BCUT2D eigenvalue weighted by atomic mass is 10.3. The summed E-state index contributed by atoms with van der Waals surface area (Å²) in [5.74, 6) is -0.476. The molecule has 0 atom stereocenters. The fraction of sp³-hybridized carbons (Fsp3) is 0.167. The van der Waals surface area contributed by atoms with Crippen molar-refractivity contribution < 1.29 is 14.6 Å². The Hall–Kier alpha value is -2.50. The molecule has 2 N–H and O–H groups in total. The number of rotatable bonds is 4. The fourth-order valence-corrected chi connectivity index (χ4v) is 1.56. The van der Waals surface area contributed by atoms with Crippen LogP contribution in [0.25, 0.3) is 5.69 Å². The molecule has 18 heavy (non-hydrogen) atoms. The second-order valence-electron chi connectivity index (χ2n) is 3.58. The molecule has 94 valence electrons. The summed E-state index contributed by atoms with van der Waals surface area (Å²) in [4.78, 5) is 22.3. The Morgan fingerprint density at radius 3 is 2.56 bits per heavy atom. The van der Waals surface area contributed by atoms with Crippen LogP contribution in [0.5, 0.6) is 5.75 Å². The summed E-state index contributed by atoms with van der Waals surface area (Å²) >= 11 is 0. The molecule has 2 aromatic rings. The first-order valence-corrected chi connectivity index (χ1v) is 5.40. The minimum absolute atomic E-state index is 0.145. The lowest BCUT2D eigenvalue weighted by Gasteiger charge is -2.05. The number of hydrogen-bond donors (Lipinski definition) is 2. The van der Waals surface area contributed by atoms with Gasteiger partial charge in [0.1, 0.15) is 11.4 Å². The highest BCUT2D eigenvalue weighted by Crippen LogP contribution is 2.13. The first-order chi connectivity index (χ1) is 8.61. The molecule has 0 unspecified atom stereocenters. The van der Waals surface area contributed by atoms with Gasteiger partial charge in [-0.25, -0.2) is 9.48 Å². The fourth-order valence-electron chi connectivity index (χ4n) is 1.56. The second-order valence-corrected chi connectivity index (χ2v) is 3.58. The highest BCUT2D eigenvalue weighted by molar-refractivity contribution is 5.85. The van der Waals surface area contributed by atoms with E-state index in [1.54, 1.807) is 24.3 Å². The maximum Gasteiger partial charge on any atom is 0.353 e. The van der Waals surface area contributed by atoms with Gasteiger partial charge in [0, 0.05) is 6.07 Å². The third-order valence-electron chi connectivity index (χ3n) is 2.36. The number of carbonyl (C=O) groups is 1. The molecular formula is C12H12N2O4. The third-order valence-corrected chi connectivity index (χ3v) is 2.36. The maximum atomic E-state index is 11.6. The number of hydrogen-bond acceptors (Lipinski definition) is 3. The largest absolute Gasteiger partial charge is 0.494 e. The lowest BCUT2D eigenvalue weighted by molar-refractivity contribution is 0.0690. The molecule has 0 aliphatic rings. The zero-order valence-electron chi connectivity index (χ0n) is 9.71. The normalized spacial score (nSPS) is 10.3. The Morgan fingerprint density at radius 2 is 2.06 bits per heavy atom. The molecule has 1 aromatic heterocycles. The van der Waals surface area contributed by atoms with Crippen LogP contribution in [0, 0.1) is 0 Å². The summed E-state index contributed by atoms with van der Waals surface area (Å²) in [6.07, 6.45) is 0. The van der Waals surface area contributed by atoms with Crippen molar-refractivity contribution in [3.8, 4) is 11.4 Å². The number of nitrogens with one attached hydrogen (secondary N) is 1. The number of benzene rings is 1. The second kappa shape index (κ2) is 4.79. The summed E-state index contributed by atoms with van der Waals surface area (Å²) < 4.78 is 6.44. The van der Waals surface area contributed by atoms with E-state index in [2.05, 4.69) is 5.10 Å². The highest BCUT2D eigenvalue weighted by atomic mass is 16.5. The molecule has 0 saturated carbocycles. The molecule has 1 aromatic carbocycles. The number of H-pyrrole nitrogens is 1. The van der Waals surface area contributed by atoms with Crippen LogP contribution in [-0.4, -0.2) is 27.5 Å². The number of nitrogens with zero attached hydrogens (tertiary/aromatic N) is 1. The van der Waals surface area contributed by atoms with Gasteiger partial charge >= 0.3 is 5.97 Å². The molecule has 0 amide bonds. The van der Waals surface area contributed by atoms with E-state index in [1.807, 2.05) is 6.92 Å². The molecule has 0 saturated heterocycles. The Morgan fingerprint density at radius 1 is 1.39 bits per heavy atom. The summed E-state index contributed by atoms with van der Waals surface area (Å²) in [5.41, 5.74) is -0.0126. The standard InChI is InChI=1S/C12H12N2O4/c1-2-18-9-5-3-8(4-6-9)14-11(15)7-10(13-14)12(16)17/h3-7,13H,2H2,1H3,(H,16,17). The van der Waals surface area contributed by atoms with Gasteiger partial charge < -0.3 is 9.84 Å². The Labute approximate surface area is 102 Å². The van der Waals surface area contributed by atoms with Gasteiger partial charge in [-0.05, 0) is 31.2 Å². The molecule has 0 bridgehead atoms. The van der Waals surface area contributed by atoms with Crippen LogP contribution in [0.15, 0.2) is 35.1 Å². The van der Waals surface area contributed by atoms with Crippen molar-refractivity contribution in [3.63, 3.8) is 0 Å². The van der Waals surface area contributed by atoms with Crippen molar-refractivity contribution in [2.24, 2.45) is 0 Å². The van der Waals surface area contributed by atoms with Gasteiger partial charge in [0.2, 0.25) is 0 Å². The lowest BCUT2D eigenvalue weighted by Crippen LogP contribution is -2.13. The van der Waals surface area contributed by atoms with Gasteiger partial charge in [-0.3, -0.25) is 9.89 Å². The van der Waals surface area contributed by atoms with Crippen LogP contribution in [0.4, 0.5) is 0 Å². The van der Waals surface area contributed by atoms with Gasteiger partial charge in [0.15, 0.2) is 0 Å². The van der Waals surface area contributed by atoms with Crippen LogP contribution < -0.4 is 10.3 Å². The van der Waals surface area contributed by atoms with E-state index >= 15 is 0 Å². The summed E-state index contributed by atoms with van der Waals surface area (Å²) in [6.45, 7) is 2.44. The SMILES string of the molecule is CCOc1ccc(-n2[nH]c(C(=O)O)cc2=O)cc1. The van der Waals surface area contributed by atoms with E-state index in [0.29, 0.717) is 18.0 Å². The van der Waals surface area contributed by atoms with Crippen LogP contribution in [-0.2, 0) is 0 Å². The molecule has 0 spiro atoms. The summed E-state index contributed by atoms with van der Waals surface area (Å²) in [5, 5.41) is 11.3. The van der Waals surface area contributed by atoms with E-state index < -0.39 is 11.5 Å². The van der Waals surface area contributed by atoms with E-state index in [9.17, 15) is 9.59 Å². The molecule has 1 heterocycles. The van der Waals surface area contributed by atoms with Crippen LogP contribution in [0.3, 0.4) is 0 Å². The number of carboxylic acids is 1. The van der Waals surface area contributed by atoms with Gasteiger partial charge in [0.05, 0.1) is 12.3 Å². The van der Waals surface area contributed by atoms with Gasteiger partial charge in [-0.15, -0.1) is 0 Å². The number of aromatic nitrogens is 2. The molecule has 0 fully saturated rings. The van der Waals surface area contributed by atoms with E-state index in [4.69, 9.17) is 9.84 Å². The van der Waals surface area contributed by atoms with E-state index in [-0.39, 0.29) is 5.69 Å². The smallest absolute Gasteiger partial charge is 0.353 e. The molecule has 0 aliphatic heterocycles. The zero-order chi connectivity index (χ0) is 13.1. The van der Waals surface area contributed by atoms with Gasteiger partial charge in [-0.2, -0.15) is 0 Å². The van der Waals surface area contributed by atoms with E-state index in [0.717, 1.165) is 6.07 Å². The van der Waals surface area contributed by atoms with Gasteiger partial charge in [-0.1, -0.05) is 0 Å². The van der Waals surface area contributed by atoms with Crippen molar-refractivity contribution >= 4 is 5.97 Å². The Balaban J connectivity index is 2.36. The quantitative estimate of drug-likeness (QED) is 0.853. The first-order valence-electron chi connectivity index (χ1n) is 5.40. The summed E-state index contributed by atoms with van der Waals surface area (Å²) in [6, 6.07) is 7.82. The van der Waals surface area contributed by atoms with Crippen molar-refractivity contribution in [3.05, 3.63) is 46.4 Å². The number of carboxylic acid groups (broad SMARTS) is 1. The van der Waals surface area contributed by atoms with Crippen LogP contribution >= 0.6 is 0 Å². The van der Waals surface area contributed by atoms with Crippen molar-refractivity contribution in [1.29, 1.82) is 0 Å². The topological polar surface area (TPSA) is 84.3 Å². The highest BCUT2D eigenvalue weighted by Gasteiger charge is 2.10. The number of aromatic carboxylic acids is 1. The number of ether oxygens (including phenoxy) is 1. The molecule has 0 radical (unpaired) electrons. The number of aromatic amines is 1. The summed E-state index contributed by atoms with van der Waals surface area (Å²) in [7, 11) is 0. The molecule has 6 heteroatoms. The predicted octanol–water partition coefficient (Wildman–Crippen LogP) is 1.26. The molecule has 6 nitrogen and oxygen atoms in total. The first kappa shape index (κ1) is 12.0. The third kappa shape index (κ3) is 2.27. The van der Waals surface area contributed by atoms with Crippen molar-refractivity contribution in [2.45, 2.75) is 6.92 Å². The van der Waals surface area contributed by atoms with Crippen molar-refractivity contribution in [1.82, 2.24) is 9.78 Å². The average molecular weight is 248 g/mol. The minimum atomic E-state index is -1.17. The Kier molecular flexibility index (Phi) is 3.18. The monoisotopic (exact) mass is 248 g/mol. The molecule has 2 rings (SSSR count). The van der Waals surface area contributed by atoms with Crippen molar-refractivity contribution in [2.75, 3.05) is 6.61 Å².